The average Bonchev–Trinajstić information content (AvgIpc) is 2.75. The molecule has 6 nitrogen and oxygen atoms in total. The van der Waals surface area contributed by atoms with E-state index in [0.717, 1.165) is 22.3 Å². The van der Waals surface area contributed by atoms with Gasteiger partial charge in [0.1, 0.15) is 17.2 Å². The maximum atomic E-state index is 12.6. The molecule has 3 rings (SSSR count). The average molecular weight is 419 g/mol. The van der Waals surface area contributed by atoms with Gasteiger partial charge in [-0.3, -0.25) is 9.59 Å². The van der Waals surface area contributed by atoms with Gasteiger partial charge in [0, 0.05) is 13.0 Å². The molecule has 3 N–H and O–H groups in total. The number of rotatable bonds is 8. The second-order valence-electron chi connectivity index (χ2n) is 7.40. The van der Waals surface area contributed by atoms with Crippen molar-refractivity contribution in [2.24, 2.45) is 0 Å². The van der Waals surface area contributed by atoms with E-state index < -0.39 is 11.9 Å². The lowest BCUT2D eigenvalue weighted by molar-refractivity contribution is -0.136. The van der Waals surface area contributed by atoms with Gasteiger partial charge in [-0.1, -0.05) is 42.5 Å². The molecule has 6 heteroatoms. The zero-order chi connectivity index (χ0) is 22.4. The van der Waals surface area contributed by atoms with Crippen molar-refractivity contribution in [3.05, 3.63) is 88.5 Å². The van der Waals surface area contributed by atoms with Crippen molar-refractivity contribution in [2.75, 3.05) is 0 Å². The SMILES string of the molecule is Cc1cc(CCC(=O)O)cc(C)c1Oc1ccc(O)c(C(=O)NCc2ccccc2)c1. The van der Waals surface area contributed by atoms with Crippen LogP contribution in [0, 0.1) is 13.8 Å². The first kappa shape index (κ1) is 21.9. The molecule has 3 aromatic carbocycles. The van der Waals surface area contributed by atoms with E-state index >= 15 is 0 Å². The summed E-state index contributed by atoms with van der Waals surface area (Å²) in [5, 5.41) is 21.8. The molecular formula is C25H25NO5. The van der Waals surface area contributed by atoms with Gasteiger partial charge in [0.25, 0.3) is 5.91 Å². The summed E-state index contributed by atoms with van der Waals surface area (Å²) >= 11 is 0. The number of ether oxygens (including phenoxy) is 1. The quantitative estimate of drug-likeness (QED) is 0.490. The summed E-state index contributed by atoms with van der Waals surface area (Å²) in [6.45, 7) is 4.13. The number of benzene rings is 3. The molecule has 3 aromatic rings. The number of hydrogen-bond donors (Lipinski definition) is 3. The molecule has 160 valence electrons. The van der Waals surface area contributed by atoms with Gasteiger partial charge in [0.05, 0.1) is 5.56 Å². The standard InChI is InChI=1S/C25H25NO5/c1-16-12-19(8-11-23(28)29)13-17(2)24(16)31-20-9-10-22(27)21(14-20)25(30)26-15-18-6-4-3-5-7-18/h3-7,9-10,12-14,27H,8,11,15H2,1-2H3,(H,26,30)(H,28,29). The fraction of sp³-hybridized carbons (Fsp3) is 0.200. The molecule has 0 saturated carbocycles. The minimum Gasteiger partial charge on any atom is -0.507 e. The molecule has 0 heterocycles. The number of aliphatic carboxylic acids is 1. The van der Waals surface area contributed by atoms with E-state index in [1.54, 1.807) is 6.07 Å². The second-order valence-corrected chi connectivity index (χ2v) is 7.40. The monoisotopic (exact) mass is 419 g/mol. The molecule has 0 aliphatic rings. The number of aromatic hydroxyl groups is 1. The van der Waals surface area contributed by atoms with Crippen LogP contribution < -0.4 is 10.1 Å². The van der Waals surface area contributed by atoms with E-state index in [1.807, 2.05) is 56.3 Å². The highest BCUT2D eigenvalue weighted by Gasteiger charge is 2.15. The van der Waals surface area contributed by atoms with Gasteiger partial charge in [0.2, 0.25) is 0 Å². The lowest BCUT2D eigenvalue weighted by Gasteiger charge is -2.15. The van der Waals surface area contributed by atoms with Gasteiger partial charge < -0.3 is 20.3 Å². The van der Waals surface area contributed by atoms with Crippen molar-refractivity contribution < 1.29 is 24.5 Å². The summed E-state index contributed by atoms with van der Waals surface area (Å²) in [4.78, 5) is 23.4. The lowest BCUT2D eigenvalue weighted by atomic mass is 10.0. The minimum atomic E-state index is -0.835. The highest BCUT2D eigenvalue weighted by atomic mass is 16.5. The number of aryl methyl sites for hydroxylation is 3. The zero-order valence-corrected chi connectivity index (χ0v) is 17.5. The summed E-state index contributed by atoms with van der Waals surface area (Å²) in [6.07, 6.45) is 0.515. The van der Waals surface area contributed by atoms with Gasteiger partial charge in [0.15, 0.2) is 0 Å². The van der Waals surface area contributed by atoms with Gasteiger partial charge in [-0.25, -0.2) is 0 Å². The minimum absolute atomic E-state index is 0.0680. The van der Waals surface area contributed by atoms with E-state index in [0.29, 0.717) is 24.5 Å². The second kappa shape index (κ2) is 9.80. The van der Waals surface area contributed by atoms with Gasteiger partial charge in [-0.05, 0) is 60.7 Å². The van der Waals surface area contributed by atoms with Crippen LogP contribution in [0.5, 0.6) is 17.2 Å². The third-order valence-corrected chi connectivity index (χ3v) is 4.88. The molecule has 0 aliphatic carbocycles. The topological polar surface area (TPSA) is 95.9 Å². The van der Waals surface area contributed by atoms with Crippen molar-refractivity contribution in [1.29, 1.82) is 0 Å². The molecule has 0 fully saturated rings. The van der Waals surface area contributed by atoms with Crippen molar-refractivity contribution in [3.63, 3.8) is 0 Å². The maximum Gasteiger partial charge on any atom is 0.303 e. The predicted molar refractivity (Wildman–Crippen MR) is 118 cm³/mol. The van der Waals surface area contributed by atoms with Crippen molar-refractivity contribution in [2.45, 2.75) is 33.2 Å². The number of amides is 1. The number of carbonyl (C=O) groups excluding carboxylic acids is 1. The molecule has 0 radical (unpaired) electrons. The third-order valence-electron chi connectivity index (χ3n) is 4.88. The molecule has 0 atom stereocenters. The zero-order valence-electron chi connectivity index (χ0n) is 17.5. The number of hydrogen-bond acceptors (Lipinski definition) is 4. The first-order valence-electron chi connectivity index (χ1n) is 9.98. The Morgan fingerprint density at radius 3 is 2.26 bits per heavy atom. The Hall–Kier alpha value is -3.80. The van der Waals surface area contributed by atoms with Crippen LogP contribution in [0.25, 0.3) is 0 Å². The molecule has 0 bridgehead atoms. The van der Waals surface area contributed by atoms with E-state index in [2.05, 4.69) is 5.32 Å². The van der Waals surface area contributed by atoms with Crippen molar-refractivity contribution in [3.8, 4) is 17.2 Å². The van der Waals surface area contributed by atoms with Crippen LogP contribution in [0.1, 0.15) is 39.0 Å². The van der Waals surface area contributed by atoms with E-state index in [1.165, 1.54) is 12.1 Å². The molecule has 0 spiro atoms. The Balaban J connectivity index is 1.75. The fourth-order valence-electron chi connectivity index (χ4n) is 3.35. The van der Waals surface area contributed by atoms with Gasteiger partial charge in [-0.2, -0.15) is 0 Å². The highest BCUT2D eigenvalue weighted by molar-refractivity contribution is 5.97. The first-order chi connectivity index (χ1) is 14.8. The normalized spacial score (nSPS) is 10.5. The Labute approximate surface area is 181 Å². The Morgan fingerprint density at radius 2 is 1.61 bits per heavy atom. The molecule has 0 aliphatic heterocycles. The predicted octanol–water partition coefficient (Wildman–Crippen LogP) is 4.75. The number of phenolic OH excluding ortho intramolecular Hbond substituents is 1. The summed E-state index contributed by atoms with van der Waals surface area (Å²) in [5.74, 6) is -0.301. The molecule has 0 unspecified atom stereocenters. The summed E-state index contributed by atoms with van der Waals surface area (Å²) < 4.78 is 6.02. The van der Waals surface area contributed by atoms with Gasteiger partial charge >= 0.3 is 5.97 Å². The number of phenols is 1. The Kier molecular flexibility index (Phi) is 6.92. The number of nitrogens with one attached hydrogen (secondary N) is 1. The highest BCUT2D eigenvalue weighted by Crippen LogP contribution is 2.32. The Morgan fingerprint density at radius 1 is 0.935 bits per heavy atom. The summed E-state index contributed by atoms with van der Waals surface area (Å²) in [5.41, 5.74) is 3.74. The van der Waals surface area contributed by atoms with Crippen LogP contribution in [0.3, 0.4) is 0 Å². The van der Waals surface area contributed by atoms with Crippen molar-refractivity contribution in [1.82, 2.24) is 5.32 Å². The lowest BCUT2D eigenvalue weighted by Crippen LogP contribution is -2.22. The molecular weight excluding hydrogens is 394 g/mol. The third kappa shape index (κ3) is 5.85. The van der Waals surface area contributed by atoms with Crippen LogP contribution in [-0.2, 0) is 17.8 Å². The Bertz CT molecular complexity index is 1070. The van der Waals surface area contributed by atoms with E-state index in [4.69, 9.17) is 9.84 Å². The first-order valence-corrected chi connectivity index (χ1v) is 9.98. The van der Waals surface area contributed by atoms with Gasteiger partial charge in [-0.15, -0.1) is 0 Å². The van der Waals surface area contributed by atoms with Crippen LogP contribution in [0.15, 0.2) is 60.7 Å². The largest absolute Gasteiger partial charge is 0.507 e. The molecule has 0 saturated heterocycles. The number of carbonyl (C=O) groups is 2. The van der Waals surface area contributed by atoms with Crippen LogP contribution in [-0.4, -0.2) is 22.1 Å². The fourth-order valence-corrected chi connectivity index (χ4v) is 3.35. The molecule has 0 aromatic heterocycles. The smallest absolute Gasteiger partial charge is 0.303 e. The molecule has 31 heavy (non-hydrogen) atoms. The van der Waals surface area contributed by atoms with E-state index in [-0.39, 0.29) is 17.7 Å². The van der Waals surface area contributed by atoms with Crippen LogP contribution in [0.2, 0.25) is 0 Å². The summed E-state index contributed by atoms with van der Waals surface area (Å²) in [6, 6.07) is 17.8. The van der Waals surface area contributed by atoms with Crippen molar-refractivity contribution >= 4 is 11.9 Å². The molecule has 1 amide bonds. The van der Waals surface area contributed by atoms with Crippen LogP contribution >= 0.6 is 0 Å². The number of carboxylic acids is 1. The van der Waals surface area contributed by atoms with E-state index in [9.17, 15) is 14.7 Å². The maximum absolute atomic E-state index is 12.6. The number of carboxylic acid groups (broad SMARTS) is 1. The van der Waals surface area contributed by atoms with Crippen LogP contribution in [0.4, 0.5) is 0 Å². The summed E-state index contributed by atoms with van der Waals surface area (Å²) in [7, 11) is 0.